The summed E-state index contributed by atoms with van der Waals surface area (Å²) in [7, 11) is -2.31. The van der Waals surface area contributed by atoms with Crippen molar-refractivity contribution in [2.24, 2.45) is 5.92 Å². The summed E-state index contributed by atoms with van der Waals surface area (Å²) >= 11 is 0. The maximum absolute atomic E-state index is 15.4. The smallest absolute Gasteiger partial charge is 0.312 e. The highest BCUT2D eigenvalue weighted by molar-refractivity contribution is 7.89. The molecule has 1 unspecified atom stereocenters. The fourth-order valence-electron chi connectivity index (χ4n) is 5.67. The molecule has 3 aromatic rings. The second-order valence-corrected chi connectivity index (χ2v) is 12.1. The molecule has 38 heavy (non-hydrogen) atoms. The number of esters is 1. The number of carbonyl (C=O) groups is 1. The summed E-state index contributed by atoms with van der Waals surface area (Å²) in [6, 6.07) is 13.7. The maximum Gasteiger partial charge on any atom is 0.312 e. The number of aromatic nitrogens is 3. The zero-order valence-electron chi connectivity index (χ0n) is 21.5. The van der Waals surface area contributed by atoms with Gasteiger partial charge in [0.15, 0.2) is 0 Å². The highest BCUT2D eigenvalue weighted by atomic mass is 32.2. The van der Waals surface area contributed by atoms with E-state index < -0.39 is 27.0 Å². The van der Waals surface area contributed by atoms with Gasteiger partial charge in [0.05, 0.1) is 19.1 Å². The van der Waals surface area contributed by atoms with Gasteiger partial charge in [0.2, 0.25) is 10.0 Å². The molecule has 1 aromatic heterocycles. The van der Waals surface area contributed by atoms with Gasteiger partial charge in [-0.3, -0.25) is 4.79 Å². The third-order valence-corrected chi connectivity index (χ3v) is 10.2. The van der Waals surface area contributed by atoms with Crippen LogP contribution >= 0.6 is 0 Å². The molecule has 0 saturated carbocycles. The van der Waals surface area contributed by atoms with Crippen LogP contribution in [0.3, 0.4) is 0 Å². The van der Waals surface area contributed by atoms with Crippen LogP contribution in [0.25, 0.3) is 0 Å². The number of methoxy groups -OCH3 is 1. The zero-order chi connectivity index (χ0) is 26.9. The van der Waals surface area contributed by atoms with Crippen LogP contribution in [-0.4, -0.2) is 59.7 Å². The van der Waals surface area contributed by atoms with Crippen molar-refractivity contribution in [1.82, 2.24) is 19.1 Å². The van der Waals surface area contributed by atoms with Gasteiger partial charge in [0.25, 0.3) is 0 Å². The largest absolute Gasteiger partial charge is 0.469 e. The molecule has 5 rings (SSSR count). The Balaban J connectivity index is 1.34. The van der Waals surface area contributed by atoms with Crippen LogP contribution in [-0.2, 0) is 26.1 Å². The van der Waals surface area contributed by atoms with Crippen LogP contribution in [0, 0.1) is 11.7 Å². The Morgan fingerprint density at radius 2 is 1.82 bits per heavy atom. The van der Waals surface area contributed by atoms with Crippen molar-refractivity contribution in [3.05, 3.63) is 78.1 Å². The van der Waals surface area contributed by atoms with Gasteiger partial charge in [-0.15, -0.1) is 10.2 Å². The molecule has 4 atom stereocenters. The highest BCUT2D eigenvalue weighted by Crippen LogP contribution is 2.39. The van der Waals surface area contributed by atoms with E-state index in [2.05, 4.69) is 10.2 Å². The summed E-state index contributed by atoms with van der Waals surface area (Å²) in [6.45, 7) is 2.80. The number of benzene rings is 2. The number of hydrogen-bond acceptors (Lipinski definition) is 7. The van der Waals surface area contributed by atoms with Crippen molar-refractivity contribution in [1.29, 1.82) is 0 Å². The molecular weight excluding hydrogens is 509 g/mol. The van der Waals surface area contributed by atoms with Crippen LogP contribution in [0.15, 0.2) is 61.2 Å². The minimum atomic E-state index is -3.67. The number of rotatable bonds is 6. The van der Waals surface area contributed by atoms with Gasteiger partial charge in [0, 0.05) is 36.9 Å². The average molecular weight is 542 g/mol. The summed E-state index contributed by atoms with van der Waals surface area (Å²) in [5.74, 6) is -1.29. The van der Waals surface area contributed by atoms with Crippen molar-refractivity contribution < 1.29 is 22.3 Å². The van der Waals surface area contributed by atoms with E-state index in [-0.39, 0.29) is 24.6 Å². The minimum Gasteiger partial charge on any atom is -0.469 e. The molecule has 0 spiro atoms. The second-order valence-electron chi connectivity index (χ2n) is 10.0. The fraction of sp³-hybridized carbons (Fsp3) is 0.444. The number of nitrogens with zero attached hydrogens (tertiary/aromatic N) is 5. The summed E-state index contributed by atoms with van der Waals surface area (Å²) < 4.78 is 50.8. The lowest BCUT2D eigenvalue weighted by Crippen LogP contribution is -2.45. The minimum absolute atomic E-state index is 0.0283. The van der Waals surface area contributed by atoms with Crippen molar-refractivity contribution in [2.75, 3.05) is 25.1 Å². The Hall–Kier alpha value is -3.31. The lowest BCUT2D eigenvalue weighted by molar-refractivity contribution is -0.147. The van der Waals surface area contributed by atoms with E-state index >= 15 is 4.39 Å². The Bertz CT molecular complexity index is 1370. The highest BCUT2D eigenvalue weighted by Gasteiger charge is 2.41. The first-order valence-corrected chi connectivity index (χ1v) is 14.3. The molecule has 2 saturated heterocycles. The van der Waals surface area contributed by atoms with E-state index in [9.17, 15) is 13.2 Å². The van der Waals surface area contributed by atoms with E-state index in [1.54, 1.807) is 24.8 Å². The first kappa shape index (κ1) is 26.3. The monoisotopic (exact) mass is 541 g/mol. The van der Waals surface area contributed by atoms with Gasteiger partial charge >= 0.3 is 5.97 Å². The summed E-state index contributed by atoms with van der Waals surface area (Å²) in [5.41, 5.74) is 1.72. The Morgan fingerprint density at radius 1 is 1.08 bits per heavy atom. The normalized spacial score (nSPS) is 25.7. The van der Waals surface area contributed by atoms with Gasteiger partial charge in [-0.05, 0) is 43.9 Å². The van der Waals surface area contributed by atoms with Crippen LogP contribution < -0.4 is 4.90 Å². The van der Waals surface area contributed by atoms with E-state index in [0.717, 1.165) is 5.56 Å². The molecule has 0 bridgehead atoms. The molecule has 11 heteroatoms. The first-order chi connectivity index (χ1) is 18.3. The average Bonchev–Trinajstić information content (AvgIpc) is 3.46. The number of hydrogen-bond donors (Lipinski definition) is 0. The zero-order valence-corrected chi connectivity index (χ0v) is 22.3. The molecule has 2 aliphatic rings. The predicted molar refractivity (Wildman–Crippen MR) is 140 cm³/mol. The van der Waals surface area contributed by atoms with Crippen molar-refractivity contribution in [3.8, 4) is 0 Å². The molecule has 0 amide bonds. The summed E-state index contributed by atoms with van der Waals surface area (Å²) in [4.78, 5) is 14.5. The Labute approximate surface area is 222 Å². The third-order valence-electron chi connectivity index (χ3n) is 7.82. The second kappa shape index (κ2) is 10.8. The number of piperidine rings is 1. The van der Waals surface area contributed by atoms with Gasteiger partial charge in [0.1, 0.15) is 23.7 Å². The predicted octanol–water partition coefficient (Wildman–Crippen LogP) is 3.71. The Kier molecular flexibility index (Phi) is 7.49. The number of sulfonamides is 1. The first-order valence-electron chi connectivity index (χ1n) is 12.8. The molecule has 202 valence electrons. The molecule has 0 radical (unpaired) electrons. The number of ether oxygens (including phenoxy) is 1. The van der Waals surface area contributed by atoms with Gasteiger partial charge in [-0.1, -0.05) is 36.4 Å². The maximum atomic E-state index is 15.4. The number of halogens is 1. The van der Waals surface area contributed by atoms with Gasteiger partial charge < -0.3 is 14.2 Å². The molecule has 2 aliphatic heterocycles. The van der Waals surface area contributed by atoms with Gasteiger partial charge in [-0.2, -0.15) is 4.31 Å². The molecule has 0 aliphatic carbocycles. The van der Waals surface area contributed by atoms with Gasteiger partial charge in [-0.25, -0.2) is 12.8 Å². The van der Waals surface area contributed by atoms with Crippen molar-refractivity contribution in [3.63, 3.8) is 0 Å². The van der Waals surface area contributed by atoms with Crippen LogP contribution in [0.5, 0.6) is 0 Å². The lowest BCUT2D eigenvalue weighted by atomic mass is 9.91. The number of carbonyl (C=O) groups excluding carboxylic acids is 1. The van der Waals surface area contributed by atoms with E-state index in [1.165, 1.54) is 17.5 Å². The molecular formula is C27H32FN5O4S. The van der Waals surface area contributed by atoms with Crippen molar-refractivity contribution in [2.45, 2.75) is 50.1 Å². The Morgan fingerprint density at radius 3 is 2.50 bits per heavy atom. The van der Waals surface area contributed by atoms with Crippen LogP contribution in [0.1, 0.15) is 48.6 Å². The SMILES string of the molecule is COC(=O)C1CN(c2ccc(CN3[C@@H](C)CC[C@H](c4ccccc4)S3(=O)=O)c(F)c2)CC[C@H]1n1cnnc1. The fourth-order valence-corrected chi connectivity index (χ4v) is 7.86. The van der Waals surface area contributed by atoms with Crippen LogP contribution in [0.2, 0.25) is 0 Å². The summed E-state index contributed by atoms with van der Waals surface area (Å²) in [6.07, 6.45) is 5.05. The molecule has 3 heterocycles. The quantitative estimate of drug-likeness (QED) is 0.439. The van der Waals surface area contributed by atoms with E-state index in [4.69, 9.17) is 4.74 Å². The van der Waals surface area contributed by atoms with Crippen LogP contribution in [0.4, 0.5) is 10.1 Å². The number of anilines is 1. The van der Waals surface area contributed by atoms with E-state index in [0.29, 0.717) is 43.6 Å². The molecule has 0 N–H and O–H groups in total. The van der Waals surface area contributed by atoms with Crippen molar-refractivity contribution >= 4 is 21.7 Å². The summed E-state index contributed by atoms with van der Waals surface area (Å²) in [5, 5.41) is 7.07. The molecule has 9 nitrogen and oxygen atoms in total. The lowest BCUT2D eigenvalue weighted by Gasteiger charge is -2.39. The molecule has 2 fully saturated rings. The third kappa shape index (κ3) is 5.04. The standard InChI is InChI=1S/C27H32FN5O4S/c1-19-8-11-26(20-6-4-3-5-7-20)38(35,36)33(19)15-21-9-10-22(14-24(21)28)31-13-12-25(32-17-29-30-18-32)23(16-31)27(34)37-2/h3-7,9-10,14,17-19,23,25-26H,8,11-13,15-16H2,1-2H3/t19-,23?,25+,26+/m0/s1. The topological polar surface area (TPSA) is 97.6 Å². The van der Waals surface area contributed by atoms with E-state index in [1.807, 2.05) is 46.7 Å². The molecule has 2 aromatic carbocycles.